The van der Waals surface area contributed by atoms with Gasteiger partial charge in [0.2, 0.25) is 5.82 Å². The molecule has 0 amide bonds. The van der Waals surface area contributed by atoms with Gasteiger partial charge in [-0.25, -0.2) is 4.39 Å². The minimum Gasteiger partial charge on any atom is -0.490 e. The Bertz CT molecular complexity index is 683. The second-order valence-electron chi connectivity index (χ2n) is 10.2. The van der Waals surface area contributed by atoms with Gasteiger partial charge in [-0.15, -0.1) is 0 Å². The second kappa shape index (κ2) is 14.6. The van der Waals surface area contributed by atoms with Gasteiger partial charge in [-0.2, -0.15) is 4.39 Å². The molecule has 5 heteroatoms. The van der Waals surface area contributed by atoms with Crippen LogP contribution in [-0.4, -0.2) is 19.4 Å². The van der Waals surface area contributed by atoms with Crippen molar-refractivity contribution in [3.05, 3.63) is 29.3 Å². The maximum atomic E-state index is 14.9. The minimum atomic E-state index is -0.816. The van der Waals surface area contributed by atoms with E-state index in [1.807, 2.05) is 6.92 Å². The summed E-state index contributed by atoms with van der Waals surface area (Å²) in [4.78, 5) is 0. The van der Waals surface area contributed by atoms with E-state index in [-0.39, 0.29) is 11.7 Å². The van der Waals surface area contributed by atoms with E-state index < -0.39 is 11.6 Å². The lowest BCUT2D eigenvalue weighted by atomic mass is 9.68. The highest BCUT2D eigenvalue weighted by molar-refractivity contribution is 7.32. The summed E-state index contributed by atoms with van der Waals surface area (Å²) >= 11 is 0. The first-order valence-electron chi connectivity index (χ1n) is 13.6. The summed E-state index contributed by atoms with van der Waals surface area (Å²) in [5.74, 6) is 1.26. The van der Waals surface area contributed by atoms with Crippen LogP contribution in [0.5, 0.6) is 5.75 Å². The number of benzene rings is 1. The molecule has 0 bridgehead atoms. The summed E-state index contributed by atoms with van der Waals surface area (Å²) in [6, 6.07) is 3.40. The fraction of sp³-hybridized carbons (Fsp3) is 0.786. The smallest absolute Gasteiger partial charge is 0.200 e. The first kappa shape index (κ1) is 26.9. The minimum absolute atomic E-state index is 0.0420. The number of halogens is 2. The highest BCUT2D eigenvalue weighted by Crippen LogP contribution is 2.45. The molecule has 2 aliphatic rings. The van der Waals surface area contributed by atoms with Crippen LogP contribution in [0.15, 0.2) is 12.1 Å². The molecular weight excluding hydrogens is 437 g/mol. The highest BCUT2D eigenvalue weighted by atomic mass is 31.1. The molecule has 1 aromatic carbocycles. The molecule has 0 N–H and O–H groups in total. The first-order valence-corrected chi connectivity index (χ1v) is 14.7. The van der Waals surface area contributed by atoms with Crippen LogP contribution >= 0.6 is 8.81 Å². The number of hydrogen-bond donors (Lipinski definition) is 0. The average Bonchev–Trinajstić information content (AvgIpc) is 2.85. The molecule has 2 saturated carbocycles. The molecule has 1 aromatic rings. The molecule has 0 aliphatic heterocycles. The Morgan fingerprint density at radius 2 is 1.55 bits per heavy atom. The van der Waals surface area contributed by atoms with Gasteiger partial charge < -0.3 is 9.26 Å². The van der Waals surface area contributed by atoms with Crippen LogP contribution in [0.25, 0.3) is 0 Å². The van der Waals surface area contributed by atoms with Crippen LogP contribution in [0, 0.1) is 29.4 Å². The summed E-state index contributed by atoms with van der Waals surface area (Å²) in [5.41, 5.74) is 0.552. The van der Waals surface area contributed by atoms with Crippen molar-refractivity contribution in [2.75, 3.05) is 19.4 Å². The molecule has 3 rings (SSSR count). The quantitative estimate of drug-likeness (QED) is 0.206. The Balaban J connectivity index is 1.42. The molecule has 0 radical (unpaired) electrons. The zero-order valence-corrected chi connectivity index (χ0v) is 21.9. The summed E-state index contributed by atoms with van der Waals surface area (Å²) < 4.78 is 40.3. The van der Waals surface area contributed by atoms with Crippen molar-refractivity contribution < 1.29 is 18.0 Å². The molecule has 2 nitrogen and oxygen atoms in total. The lowest BCUT2D eigenvalue weighted by Crippen LogP contribution is -2.25. The Morgan fingerprint density at radius 3 is 2.21 bits per heavy atom. The molecule has 1 atom stereocenters. The lowest BCUT2D eigenvalue weighted by Gasteiger charge is -2.38. The van der Waals surface area contributed by atoms with E-state index in [1.165, 1.54) is 51.4 Å². The van der Waals surface area contributed by atoms with Gasteiger partial charge in [0.05, 0.1) is 6.61 Å². The maximum Gasteiger partial charge on any atom is 0.200 e. The van der Waals surface area contributed by atoms with Crippen LogP contribution in [0.4, 0.5) is 8.78 Å². The average molecular weight is 483 g/mol. The molecule has 0 spiro atoms. The third-order valence-electron chi connectivity index (χ3n) is 7.99. The van der Waals surface area contributed by atoms with E-state index >= 15 is 0 Å². The van der Waals surface area contributed by atoms with Crippen LogP contribution in [0.3, 0.4) is 0 Å². The zero-order chi connectivity index (χ0) is 23.5. The Kier molecular flexibility index (Phi) is 11.9. The monoisotopic (exact) mass is 482 g/mol. The molecule has 2 aliphatic carbocycles. The van der Waals surface area contributed by atoms with Crippen LogP contribution < -0.4 is 4.74 Å². The Morgan fingerprint density at radius 1 is 0.848 bits per heavy atom. The van der Waals surface area contributed by atoms with Crippen LogP contribution in [-0.2, 0) is 4.52 Å². The predicted octanol–water partition coefficient (Wildman–Crippen LogP) is 9.02. The van der Waals surface area contributed by atoms with Gasteiger partial charge in [0, 0.05) is 15.4 Å². The van der Waals surface area contributed by atoms with Gasteiger partial charge in [0.15, 0.2) is 11.6 Å². The Labute approximate surface area is 202 Å². The van der Waals surface area contributed by atoms with Crippen molar-refractivity contribution in [1.29, 1.82) is 0 Å². The molecule has 188 valence electrons. The van der Waals surface area contributed by atoms with Crippen molar-refractivity contribution in [3.8, 4) is 5.75 Å². The summed E-state index contributed by atoms with van der Waals surface area (Å²) in [6.07, 6.45) is 17.0. The normalized spacial score (nSPS) is 26.2. The SMILES string of the molecule is CCCCCC1CCC(C2CCC(c3ccc(OCCCPOCC)c(F)c3F)CC2)CC1. The standard InChI is InChI=1S/C28H45F2O2P/c1-3-5-6-8-21-9-11-22(12-10-21)23-13-15-24(16-14-23)25-17-18-26(28(30)27(25)29)31-19-7-20-33-32-4-2/h17-18,21-24,33H,3-16,19-20H2,1-2H3. The molecular formula is C28H45F2O2P. The fourth-order valence-electron chi connectivity index (χ4n) is 6.01. The molecule has 0 aromatic heterocycles. The lowest BCUT2D eigenvalue weighted by molar-refractivity contribution is 0.155. The molecule has 0 saturated heterocycles. The summed E-state index contributed by atoms with van der Waals surface area (Å²) in [5, 5.41) is 0. The highest BCUT2D eigenvalue weighted by Gasteiger charge is 2.32. The van der Waals surface area contributed by atoms with Gasteiger partial charge in [-0.3, -0.25) is 0 Å². The largest absolute Gasteiger partial charge is 0.490 e. The van der Waals surface area contributed by atoms with Crippen molar-refractivity contribution in [1.82, 2.24) is 0 Å². The van der Waals surface area contributed by atoms with Crippen molar-refractivity contribution in [2.45, 2.75) is 103 Å². The van der Waals surface area contributed by atoms with Gasteiger partial charge in [-0.1, -0.05) is 51.5 Å². The molecule has 1 unspecified atom stereocenters. The van der Waals surface area contributed by atoms with E-state index in [1.54, 1.807) is 12.1 Å². The maximum absolute atomic E-state index is 14.9. The summed E-state index contributed by atoms with van der Waals surface area (Å²) in [7, 11) is 0.445. The summed E-state index contributed by atoms with van der Waals surface area (Å²) in [6.45, 7) is 5.35. The van der Waals surface area contributed by atoms with Gasteiger partial charge in [-0.05, 0) is 93.3 Å². The van der Waals surface area contributed by atoms with Gasteiger partial charge >= 0.3 is 0 Å². The zero-order valence-electron chi connectivity index (χ0n) is 20.9. The molecule has 2 fully saturated rings. The third-order valence-corrected chi connectivity index (χ3v) is 9.04. The predicted molar refractivity (Wildman–Crippen MR) is 136 cm³/mol. The van der Waals surface area contributed by atoms with E-state index in [0.717, 1.165) is 56.0 Å². The van der Waals surface area contributed by atoms with Gasteiger partial charge in [0.1, 0.15) is 0 Å². The number of unbranched alkanes of at least 4 members (excludes halogenated alkanes) is 2. The van der Waals surface area contributed by atoms with E-state index in [2.05, 4.69) is 6.92 Å². The number of rotatable bonds is 13. The van der Waals surface area contributed by atoms with Crippen LogP contribution in [0.2, 0.25) is 0 Å². The van der Waals surface area contributed by atoms with E-state index in [0.29, 0.717) is 27.6 Å². The topological polar surface area (TPSA) is 18.5 Å². The third kappa shape index (κ3) is 8.17. The van der Waals surface area contributed by atoms with Crippen LogP contribution in [0.1, 0.15) is 109 Å². The van der Waals surface area contributed by atoms with Crippen molar-refractivity contribution >= 4 is 8.81 Å². The van der Waals surface area contributed by atoms with E-state index in [9.17, 15) is 8.78 Å². The van der Waals surface area contributed by atoms with Gasteiger partial charge in [0.25, 0.3) is 0 Å². The number of hydrogen-bond acceptors (Lipinski definition) is 2. The Hall–Kier alpha value is -0.730. The fourth-order valence-corrected chi connectivity index (χ4v) is 6.64. The van der Waals surface area contributed by atoms with Crippen molar-refractivity contribution in [2.24, 2.45) is 17.8 Å². The second-order valence-corrected chi connectivity index (χ2v) is 11.3. The van der Waals surface area contributed by atoms with Crippen molar-refractivity contribution in [3.63, 3.8) is 0 Å². The molecule has 0 heterocycles. The van der Waals surface area contributed by atoms with E-state index in [4.69, 9.17) is 9.26 Å². The number of ether oxygens (including phenoxy) is 1. The molecule has 33 heavy (non-hydrogen) atoms. The first-order chi connectivity index (χ1) is 16.1.